The van der Waals surface area contributed by atoms with Crippen molar-refractivity contribution >= 4 is 23.4 Å². The molecular formula is C33H46ClN5O2. The summed E-state index contributed by atoms with van der Waals surface area (Å²) in [6.07, 6.45) is 8.53. The van der Waals surface area contributed by atoms with Gasteiger partial charge in [0.25, 0.3) is 0 Å². The summed E-state index contributed by atoms with van der Waals surface area (Å²) < 4.78 is 0. The molecule has 2 aliphatic heterocycles. The molecule has 222 valence electrons. The first-order chi connectivity index (χ1) is 20.0. The summed E-state index contributed by atoms with van der Waals surface area (Å²) in [6, 6.07) is 16.1. The Morgan fingerprint density at radius 1 is 0.951 bits per heavy atom. The summed E-state index contributed by atoms with van der Waals surface area (Å²) in [6.45, 7) is 5.35. The van der Waals surface area contributed by atoms with Crippen LogP contribution in [0.4, 0.5) is 0 Å². The SMILES string of the molecule is NCc1ccccc1CCC(=O)N[C@H](Cc1ccc(Cl)cc1)C(=O)N1CCC(N(CC2CC2)C2CCNCC2)CC1. The molecule has 2 heterocycles. The van der Waals surface area contributed by atoms with Gasteiger partial charge in [0.2, 0.25) is 11.8 Å². The lowest BCUT2D eigenvalue weighted by Gasteiger charge is -2.44. The maximum absolute atomic E-state index is 13.9. The third-order valence-corrected chi connectivity index (χ3v) is 9.39. The second-order valence-electron chi connectivity index (χ2n) is 12.1. The highest BCUT2D eigenvalue weighted by atomic mass is 35.5. The molecule has 5 rings (SSSR count). The van der Waals surface area contributed by atoms with Crippen LogP contribution in [-0.2, 0) is 29.0 Å². The molecular weight excluding hydrogens is 534 g/mol. The second-order valence-corrected chi connectivity index (χ2v) is 12.5. The molecule has 2 amide bonds. The summed E-state index contributed by atoms with van der Waals surface area (Å²) in [5.41, 5.74) is 9.01. The molecule has 2 aromatic rings. The minimum Gasteiger partial charge on any atom is -0.344 e. The largest absolute Gasteiger partial charge is 0.344 e. The molecule has 2 aromatic carbocycles. The maximum atomic E-state index is 13.9. The second kappa shape index (κ2) is 14.6. The Hall–Kier alpha value is -2.45. The van der Waals surface area contributed by atoms with Crippen molar-refractivity contribution in [2.24, 2.45) is 11.7 Å². The summed E-state index contributed by atoms with van der Waals surface area (Å²) in [5.74, 6) is 0.769. The highest BCUT2D eigenvalue weighted by Gasteiger charge is 2.36. The van der Waals surface area contributed by atoms with E-state index >= 15 is 0 Å². The van der Waals surface area contributed by atoms with Crippen molar-refractivity contribution in [2.75, 3.05) is 32.7 Å². The van der Waals surface area contributed by atoms with E-state index in [4.69, 9.17) is 17.3 Å². The monoisotopic (exact) mass is 579 g/mol. The number of piperidine rings is 2. The lowest BCUT2D eigenvalue weighted by atomic mass is 9.95. The zero-order valence-corrected chi connectivity index (χ0v) is 25.0. The van der Waals surface area contributed by atoms with E-state index in [9.17, 15) is 9.59 Å². The topological polar surface area (TPSA) is 90.7 Å². The van der Waals surface area contributed by atoms with Crippen LogP contribution in [0.25, 0.3) is 0 Å². The van der Waals surface area contributed by atoms with Gasteiger partial charge < -0.3 is 21.3 Å². The minimum absolute atomic E-state index is 0.0183. The van der Waals surface area contributed by atoms with Crippen LogP contribution < -0.4 is 16.4 Å². The molecule has 1 saturated carbocycles. The number of nitrogens with zero attached hydrogens (tertiary/aromatic N) is 2. The molecule has 8 heteroatoms. The average Bonchev–Trinajstić information content (AvgIpc) is 3.84. The number of amides is 2. The third kappa shape index (κ3) is 8.54. The van der Waals surface area contributed by atoms with E-state index in [0.29, 0.717) is 42.9 Å². The maximum Gasteiger partial charge on any atom is 0.245 e. The Balaban J connectivity index is 1.21. The van der Waals surface area contributed by atoms with Gasteiger partial charge in [-0.25, -0.2) is 0 Å². The van der Waals surface area contributed by atoms with Crippen molar-refractivity contribution in [2.45, 2.75) is 82.5 Å². The smallest absolute Gasteiger partial charge is 0.245 e. The zero-order chi connectivity index (χ0) is 28.6. The highest BCUT2D eigenvalue weighted by molar-refractivity contribution is 6.30. The first-order valence-corrected chi connectivity index (χ1v) is 15.9. The van der Waals surface area contributed by atoms with Gasteiger partial charge in [-0.2, -0.15) is 0 Å². The quantitative estimate of drug-likeness (QED) is 0.355. The molecule has 3 fully saturated rings. The van der Waals surface area contributed by atoms with Gasteiger partial charge in [0.05, 0.1) is 0 Å². The molecule has 7 nitrogen and oxygen atoms in total. The van der Waals surface area contributed by atoms with E-state index < -0.39 is 6.04 Å². The number of hydrogen-bond donors (Lipinski definition) is 3. The van der Waals surface area contributed by atoms with Gasteiger partial charge in [-0.05, 0) is 92.8 Å². The fourth-order valence-electron chi connectivity index (χ4n) is 6.54. The molecule has 0 spiro atoms. The van der Waals surface area contributed by atoms with Crippen LogP contribution >= 0.6 is 11.6 Å². The fraction of sp³-hybridized carbons (Fsp3) is 0.576. The number of nitrogens with one attached hydrogen (secondary N) is 2. The fourth-order valence-corrected chi connectivity index (χ4v) is 6.67. The van der Waals surface area contributed by atoms with Crippen molar-refractivity contribution < 1.29 is 9.59 Å². The van der Waals surface area contributed by atoms with Crippen molar-refractivity contribution in [3.8, 4) is 0 Å². The minimum atomic E-state index is -0.600. The van der Waals surface area contributed by atoms with E-state index in [2.05, 4.69) is 15.5 Å². The Morgan fingerprint density at radius 2 is 1.61 bits per heavy atom. The van der Waals surface area contributed by atoms with Gasteiger partial charge in [-0.3, -0.25) is 14.5 Å². The van der Waals surface area contributed by atoms with Crippen LogP contribution in [0.15, 0.2) is 48.5 Å². The number of halogens is 1. The Kier molecular flexibility index (Phi) is 10.7. The number of rotatable bonds is 12. The first-order valence-electron chi connectivity index (χ1n) is 15.6. The number of likely N-dealkylation sites (tertiary alicyclic amines) is 1. The zero-order valence-electron chi connectivity index (χ0n) is 24.2. The van der Waals surface area contributed by atoms with Gasteiger partial charge in [0.15, 0.2) is 0 Å². The van der Waals surface area contributed by atoms with Gasteiger partial charge in [-0.15, -0.1) is 0 Å². The van der Waals surface area contributed by atoms with Gasteiger partial charge in [0.1, 0.15) is 6.04 Å². The molecule has 0 aromatic heterocycles. The van der Waals surface area contributed by atoms with Crippen molar-refractivity contribution in [1.29, 1.82) is 0 Å². The molecule has 0 radical (unpaired) electrons. The van der Waals surface area contributed by atoms with E-state index in [1.54, 1.807) is 0 Å². The van der Waals surface area contributed by atoms with Crippen molar-refractivity contribution in [1.82, 2.24) is 20.4 Å². The van der Waals surface area contributed by atoms with Crippen LogP contribution in [0.3, 0.4) is 0 Å². The number of carbonyl (C=O) groups excluding carboxylic acids is 2. The van der Waals surface area contributed by atoms with E-state index in [1.165, 1.54) is 32.2 Å². The standard InChI is InChI=1S/C33H46ClN5O2/c34-28-10-7-24(8-11-28)21-31(37-32(40)12-9-26-3-1-2-4-27(26)22-35)33(41)38-19-15-30(16-20-38)39(23-25-5-6-25)29-13-17-36-18-14-29/h1-4,7-8,10-11,25,29-31,36H,5-6,9,12-23,35H2,(H,37,40)/t31-/m1/s1. The number of aryl methyl sites for hydroxylation is 1. The van der Waals surface area contributed by atoms with Gasteiger partial charge in [0, 0.05) is 56.1 Å². The van der Waals surface area contributed by atoms with Gasteiger partial charge >= 0.3 is 0 Å². The van der Waals surface area contributed by atoms with E-state index in [1.807, 2.05) is 53.4 Å². The molecule has 41 heavy (non-hydrogen) atoms. The summed E-state index contributed by atoms with van der Waals surface area (Å²) >= 11 is 6.11. The third-order valence-electron chi connectivity index (χ3n) is 9.13. The molecule has 0 bridgehead atoms. The number of benzene rings is 2. The lowest BCUT2D eigenvalue weighted by Crippen LogP contribution is -2.56. The molecule has 1 atom stereocenters. The summed E-state index contributed by atoms with van der Waals surface area (Å²) in [7, 11) is 0. The predicted octanol–water partition coefficient (Wildman–Crippen LogP) is 3.91. The molecule has 3 aliphatic rings. The van der Waals surface area contributed by atoms with Crippen LogP contribution in [-0.4, -0.2) is 72.5 Å². The number of nitrogens with two attached hydrogens (primary N) is 1. The highest BCUT2D eigenvalue weighted by Crippen LogP contribution is 2.34. The molecule has 4 N–H and O–H groups in total. The van der Waals surface area contributed by atoms with Crippen LogP contribution in [0.1, 0.15) is 61.6 Å². The van der Waals surface area contributed by atoms with Crippen molar-refractivity contribution in [3.05, 3.63) is 70.2 Å². The van der Waals surface area contributed by atoms with E-state index in [0.717, 1.165) is 61.6 Å². The Morgan fingerprint density at radius 3 is 2.27 bits per heavy atom. The predicted molar refractivity (Wildman–Crippen MR) is 165 cm³/mol. The Bertz CT molecular complexity index is 1140. The molecule has 0 unspecified atom stereocenters. The molecule has 1 aliphatic carbocycles. The van der Waals surface area contributed by atoms with E-state index in [-0.39, 0.29) is 11.8 Å². The van der Waals surface area contributed by atoms with Gasteiger partial charge in [-0.1, -0.05) is 48.0 Å². The number of hydrogen-bond acceptors (Lipinski definition) is 5. The lowest BCUT2D eigenvalue weighted by molar-refractivity contribution is -0.138. The first kappa shape index (κ1) is 30.0. The van der Waals surface area contributed by atoms with Crippen molar-refractivity contribution in [3.63, 3.8) is 0 Å². The summed E-state index contributed by atoms with van der Waals surface area (Å²) in [4.78, 5) is 31.8. The average molecular weight is 580 g/mol. The van der Waals surface area contributed by atoms with Crippen LogP contribution in [0.5, 0.6) is 0 Å². The van der Waals surface area contributed by atoms with Crippen LogP contribution in [0.2, 0.25) is 5.02 Å². The van der Waals surface area contributed by atoms with Crippen LogP contribution in [0, 0.1) is 5.92 Å². The Labute approximate surface area is 250 Å². The number of carbonyl (C=O) groups is 2. The molecule has 2 saturated heterocycles. The summed E-state index contributed by atoms with van der Waals surface area (Å²) in [5, 5.41) is 7.26. The normalized spacial score (nSPS) is 19.3.